The molecule has 1 aromatic carbocycles. The lowest BCUT2D eigenvalue weighted by atomic mass is 10.0. The van der Waals surface area contributed by atoms with E-state index in [-0.39, 0.29) is 46.3 Å². The Labute approximate surface area is 180 Å². The number of carbonyl (C=O) groups is 1. The van der Waals surface area contributed by atoms with Gasteiger partial charge < -0.3 is 35.8 Å². The second-order valence-corrected chi connectivity index (χ2v) is 7.04. The van der Waals surface area contributed by atoms with Crippen molar-refractivity contribution >= 4 is 35.1 Å². The van der Waals surface area contributed by atoms with E-state index >= 15 is 0 Å². The second kappa shape index (κ2) is 10.3. The summed E-state index contributed by atoms with van der Waals surface area (Å²) in [5.74, 6) is -1.20. The molecule has 2 amide bonds. The summed E-state index contributed by atoms with van der Waals surface area (Å²) in [6.45, 7) is -0.252. The summed E-state index contributed by atoms with van der Waals surface area (Å²) in [6.07, 6.45) is 0.140. The number of aliphatic hydroxyl groups is 1. The van der Waals surface area contributed by atoms with E-state index in [9.17, 15) is 23.4 Å². The number of urea groups is 1. The number of nitrogen functional groups attached to an aromatic ring is 1. The molecule has 2 aromatic rings. The van der Waals surface area contributed by atoms with Crippen LogP contribution in [0.5, 0.6) is 5.75 Å². The number of phenolic OH excluding ortho intramolecular Hbond substituents is 1. The van der Waals surface area contributed by atoms with Gasteiger partial charge >= 0.3 is 20.8 Å². The Morgan fingerprint density at radius 3 is 2.47 bits per heavy atom. The predicted molar refractivity (Wildman–Crippen MR) is 97.9 cm³/mol. The number of aliphatic imine (C=N–C) groups is 1. The number of primary amides is 1. The molecule has 8 N–H and O–H groups in total. The van der Waals surface area contributed by atoms with Crippen LogP contribution in [-0.4, -0.2) is 38.7 Å². The minimum atomic E-state index is -3.94. The number of benzene rings is 1. The van der Waals surface area contributed by atoms with Crippen LogP contribution in [0.4, 0.5) is 16.4 Å². The van der Waals surface area contributed by atoms with Crippen LogP contribution in [-0.2, 0) is 3.93 Å². The van der Waals surface area contributed by atoms with Crippen molar-refractivity contribution in [3.05, 3.63) is 40.7 Å². The Balaban J connectivity index is 2.57. The zero-order valence-corrected chi connectivity index (χ0v) is 17.4. The maximum Gasteiger partial charge on any atom is 0.473 e. The summed E-state index contributed by atoms with van der Waals surface area (Å²) < 4.78 is 26.4. The van der Waals surface area contributed by atoms with E-state index in [0.29, 0.717) is 5.56 Å². The predicted octanol–water partition coefficient (Wildman–Crippen LogP) is -1.85. The van der Waals surface area contributed by atoms with Crippen LogP contribution in [0.1, 0.15) is 23.7 Å². The minimum absolute atomic E-state index is 0.0269. The molecule has 13 nitrogen and oxygen atoms in total. The standard InChI is InChI=1S/C15H17BrClN7O6/c17-11-13(19)23-14(24(15(20)27)30-16(28)29)10(22-11)12(18)21-9(5-6-25)7-1-3-8(26)4-2-7/h1-4,9,25-26H,5-6H2,(H2,18,21)(H2,19,23)(H2,20,27). The normalized spacial score (nSPS) is 12.8. The third kappa shape index (κ3) is 5.88. The molecule has 0 radical (unpaired) electrons. The van der Waals surface area contributed by atoms with Crippen molar-refractivity contribution in [2.45, 2.75) is 12.5 Å². The van der Waals surface area contributed by atoms with Gasteiger partial charge in [0.05, 0.1) is 6.04 Å². The average Bonchev–Trinajstić information content (AvgIpc) is 2.68. The molecule has 30 heavy (non-hydrogen) atoms. The molecule has 162 valence electrons. The van der Waals surface area contributed by atoms with E-state index in [1.54, 1.807) is 12.1 Å². The van der Waals surface area contributed by atoms with Crippen LogP contribution in [0, 0.1) is 14.8 Å². The molecule has 0 spiro atoms. The SMILES string of the molecule is NC(=O)N(O[Br+2]([O-])[O-])c1nc(N)c(Cl)nc1C(N)=NC(CCO)c1ccc(O)cc1. The molecular formula is C15H17BrClN7O6. The number of hydrogen-bond donors (Lipinski definition) is 5. The lowest BCUT2D eigenvalue weighted by molar-refractivity contribution is -1.63. The van der Waals surface area contributed by atoms with Gasteiger partial charge in [-0.15, -0.1) is 0 Å². The van der Waals surface area contributed by atoms with Gasteiger partial charge in [0.1, 0.15) is 15.5 Å². The van der Waals surface area contributed by atoms with Crippen molar-refractivity contribution in [3.63, 3.8) is 0 Å². The van der Waals surface area contributed by atoms with Gasteiger partial charge in [0.2, 0.25) is 5.82 Å². The number of rotatable bonds is 8. The van der Waals surface area contributed by atoms with Crippen molar-refractivity contribution in [2.24, 2.45) is 16.5 Å². The fourth-order valence-corrected chi connectivity index (χ4v) is 2.96. The Hall–Kier alpha value is -2.75. The van der Waals surface area contributed by atoms with E-state index in [0.717, 1.165) is 0 Å². The zero-order chi connectivity index (χ0) is 22.4. The Morgan fingerprint density at radius 2 is 1.93 bits per heavy atom. The number of hydroxylamine groups is 1. The van der Waals surface area contributed by atoms with Crippen LogP contribution in [0.25, 0.3) is 0 Å². The van der Waals surface area contributed by atoms with Gasteiger partial charge in [-0.25, -0.2) is 14.8 Å². The van der Waals surface area contributed by atoms with Gasteiger partial charge in [0, 0.05) is 6.61 Å². The lowest BCUT2D eigenvalue weighted by Gasteiger charge is -2.17. The fraction of sp³-hybridized carbons (Fsp3) is 0.200. The van der Waals surface area contributed by atoms with Gasteiger partial charge in [0.25, 0.3) is 0 Å². The summed E-state index contributed by atoms with van der Waals surface area (Å²) in [5, 5.41) is 18.6. The van der Waals surface area contributed by atoms with Crippen LogP contribution in [0.2, 0.25) is 5.15 Å². The van der Waals surface area contributed by atoms with Crippen molar-refractivity contribution in [2.75, 3.05) is 17.4 Å². The highest BCUT2D eigenvalue weighted by atomic mass is 80.0. The third-order valence-electron chi connectivity index (χ3n) is 3.60. The molecule has 1 unspecified atom stereocenters. The summed E-state index contributed by atoms with van der Waals surface area (Å²) in [6, 6.07) is 3.94. The number of nitrogens with zero attached hydrogens (tertiary/aromatic N) is 4. The van der Waals surface area contributed by atoms with Crippen molar-refractivity contribution in [1.29, 1.82) is 0 Å². The number of carbonyl (C=O) groups excluding carboxylic acids is 1. The minimum Gasteiger partial charge on any atom is -0.508 e. The average molecular weight is 507 g/mol. The highest BCUT2D eigenvalue weighted by Crippen LogP contribution is 2.27. The summed E-state index contributed by atoms with van der Waals surface area (Å²) in [4.78, 5) is 23.6. The Morgan fingerprint density at radius 1 is 1.30 bits per heavy atom. The molecule has 15 heteroatoms. The first kappa shape index (κ1) is 23.5. The van der Waals surface area contributed by atoms with E-state index < -0.39 is 32.7 Å². The molecule has 0 saturated heterocycles. The maximum absolute atomic E-state index is 11.7. The topological polar surface area (TPSA) is 232 Å². The molecule has 0 aliphatic heterocycles. The molecule has 0 aliphatic rings. The Kier molecular flexibility index (Phi) is 8.10. The van der Waals surface area contributed by atoms with Crippen molar-refractivity contribution in [3.8, 4) is 5.75 Å². The van der Waals surface area contributed by atoms with Crippen LogP contribution in [0.15, 0.2) is 29.3 Å². The third-order valence-corrected chi connectivity index (χ3v) is 4.40. The van der Waals surface area contributed by atoms with Crippen LogP contribution < -0.4 is 30.7 Å². The molecule has 1 heterocycles. The zero-order valence-electron chi connectivity index (χ0n) is 15.1. The number of halogens is 2. The van der Waals surface area contributed by atoms with Gasteiger partial charge in [-0.05, 0) is 24.1 Å². The molecule has 2 rings (SSSR count). The number of amidine groups is 1. The number of aliphatic hydroxyl groups excluding tert-OH is 1. The van der Waals surface area contributed by atoms with Crippen molar-refractivity contribution in [1.82, 2.24) is 9.97 Å². The monoisotopic (exact) mass is 505 g/mol. The molecular weight excluding hydrogens is 490 g/mol. The van der Waals surface area contributed by atoms with Gasteiger partial charge in [-0.1, -0.05) is 28.8 Å². The number of hydrogen-bond acceptors (Lipinski definition) is 10. The molecule has 0 saturated carbocycles. The van der Waals surface area contributed by atoms with E-state index in [1.807, 2.05) is 0 Å². The highest BCUT2D eigenvalue weighted by Gasteiger charge is 2.33. The van der Waals surface area contributed by atoms with Crippen LogP contribution in [0.3, 0.4) is 0 Å². The number of aromatic nitrogens is 2. The second-order valence-electron chi connectivity index (χ2n) is 5.60. The van der Waals surface area contributed by atoms with Crippen LogP contribution >= 0.6 is 11.6 Å². The molecule has 1 aromatic heterocycles. The smallest absolute Gasteiger partial charge is 0.473 e. The van der Waals surface area contributed by atoms with E-state index in [4.69, 9.17) is 28.8 Å². The van der Waals surface area contributed by atoms with Gasteiger partial charge in [-0.2, -0.15) is 0 Å². The lowest BCUT2D eigenvalue weighted by Crippen LogP contribution is -2.46. The number of aromatic hydroxyl groups is 1. The summed E-state index contributed by atoms with van der Waals surface area (Å²) in [7, 11) is 0. The maximum atomic E-state index is 11.7. The van der Waals surface area contributed by atoms with Gasteiger partial charge in [0.15, 0.2) is 16.7 Å². The molecule has 1 atom stereocenters. The highest BCUT2D eigenvalue weighted by molar-refractivity contribution is 6.31. The first-order valence-corrected chi connectivity index (χ1v) is 10.4. The molecule has 0 aliphatic carbocycles. The largest absolute Gasteiger partial charge is 0.508 e. The summed E-state index contributed by atoms with van der Waals surface area (Å²) >= 11 is 1.94. The Bertz CT molecular complexity index is 930. The number of nitrogens with two attached hydrogens (primary N) is 3. The number of anilines is 2. The number of phenols is 1. The van der Waals surface area contributed by atoms with E-state index in [2.05, 4.69) is 18.9 Å². The number of amides is 2. The first-order chi connectivity index (χ1) is 14.1. The van der Waals surface area contributed by atoms with E-state index in [1.165, 1.54) is 12.1 Å². The van der Waals surface area contributed by atoms with Crippen molar-refractivity contribution < 1.29 is 42.1 Å². The fourth-order valence-electron chi connectivity index (χ4n) is 2.31. The first-order valence-electron chi connectivity index (χ1n) is 8.04. The quantitative estimate of drug-likeness (QED) is 0.152. The molecule has 0 fully saturated rings. The molecule has 0 bridgehead atoms. The summed E-state index contributed by atoms with van der Waals surface area (Å²) in [5.41, 5.74) is 17.0. The van der Waals surface area contributed by atoms with Gasteiger partial charge in [-0.3, -0.25) is 4.99 Å².